The van der Waals surface area contributed by atoms with Gasteiger partial charge in [0.15, 0.2) is 0 Å². The highest BCUT2D eigenvalue weighted by Crippen LogP contribution is 2.28. The summed E-state index contributed by atoms with van der Waals surface area (Å²) in [5, 5.41) is 7.36. The topological polar surface area (TPSA) is 103 Å². The number of hydrogen-bond acceptors (Lipinski definition) is 6. The Hall–Kier alpha value is -2.27. The normalized spacial score (nSPS) is 13.6. The molecule has 1 aliphatic carbocycles. The van der Waals surface area contributed by atoms with Gasteiger partial charge in [0.05, 0.1) is 23.8 Å². The van der Waals surface area contributed by atoms with Crippen molar-refractivity contribution < 1.29 is 22.7 Å². The van der Waals surface area contributed by atoms with E-state index >= 15 is 0 Å². The molecule has 3 rings (SSSR count). The zero-order valence-corrected chi connectivity index (χ0v) is 18.4. The number of fused-ring (bicyclic) bond motifs is 1. The summed E-state index contributed by atoms with van der Waals surface area (Å²) < 4.78 is 38.9. The number of nitrogens with zero attached hydrogens (tertiary/aromatic N) is 3. The van der Waals surface area contributed by atoms with E-state index in [4.69, 9.17) is 9.47 Å². The van der Waals surface area contributed by atoms with E-state index in [9.17, 15) is 13.2 Å². The molecule has 2 aromatic rings. The number of carbonyl (C=O) groups is 1. The summed E-state index contributed by atoms with van der Waals surface area (Å²) in [6, 6.07) is 5.93. The molecule has 0 saturated carbocycles. The third kappa shape index (κ3) is 4.72. The van der Waals surface area contributed by atoms with Gasteiger partial charge in [-0.25, -0.2) is 8.42 Å². The summed E-state index contributed by atoms with van der Waals surface area (Å²) in [5.74, 6) is 0.404. The van der Waals surface area contributed by atoms with Crippen LogP contribution in [0.15, 0.2) is 29.2 Å². The molecule has 0 atom stereocenters. The molecule has 1 amide bonds. The molecule has 1 N–H and O–H groups in total. The van der Waals surface area contributed by atoms with Gasteiger partial charge >= 0.3 is 0 Å². The number of anilines is 1. The number of carbonyl (C=O) groups excluding carboxylic acids is 1. The quantitative estimate of drug-likeness (QED) is 0.605. The van der Waals surface area contributed by atoms with Gasteiger partial charge in [0, 0.05) is 45.5 Å². The zero-order chi connectivity index (χ0) is 21.7. The lowest BCUT2D eigenvalue weighted by Crippen LogP contribution is -2.36. The molecule has 1 aliphatic rings. The molecule has 10 heteroatoms. The van der Waals surface area contributed by atoms with E-state index in [0.717, 1.165) is 30.5 Å². The maximum Gasteiger partial charge on any atom is 0.256 e. The number of benzene rings is 1. The van der Waals surface area contributed by atoms with Gasteiger partial charge < -0.3 is 14.8 Å². The summed E-state index contributed by atoms with van der Waals surface area (Å²) in [6.07, 6.45) is 2.86. The summed E-state index contributed by atoms with van der Waals surface area (Å²) in [5.41, 5.74) is 2.49. The Morgan fingerprint density at radius 1 is 1.13 bits per heavy atom. The summed E-state index contributed by atoms with van der Waals surface area (Å²) in [7, 11) is 1.12. The summed E-state index contributed by atoms with van der Waals surface area (Å²) in [6.45, 7) is 0.989. The van der Waals surface area contributed by atoms with Gasteiger partial charge in [-0.15, -0.1) is 0 Å². The van der Waals surface area contributed by atoms with Crippen LogP contribution in [-0.2, 0) is 39.4 Å². The smallest absolute Gasteiger partial charge is 0.256 e. The molecule has 0 spiro atoms. The van der Waals surface area contributed by atoms with Crippen molar-refractivity contribution in [1.82, 2.24) is 14.1 Å². The van der Waals surface area contributed by atoms with E-state index in [1.807, 2.05) is 0 Å². The second-order valence-electron chi connectivity index (χ2n) is 7.12. The Labute approximate surface area is 177 Å². The van der Waals surface area contributed by atoms with E-state index in [-0.39, 0.29) is 37.1 Å². The van der Waals surface area contributed by atoms with Gasteiger partial charge in [0.25, 0.3) is 5.91 Å². The molecule has 0 aliphatic heterocycles. The Morgan fingerprint density at radius 2 is 1.77 bits per heavy atom. The molecule has 9 nitrogen and oxygen atoms in total. The van der Waals surface area contributed by atoms with Gasteiger partial charge in [-0.3, -0.25) is 9.48 Å². The molecule has 1 aromatic carbocycles. The third-order valence-electron chi connectivity index (χ3n) is 5.14. The van der Waals surface area contributed by atoms with Crippen LogP contribution in [0.1, 0.15) is 28.0 Å². The number of aryl methyl sites for hydroxylation is 2. The predicted octanol–water partition coefficient (Wildman–Crippen LogP) is 1.44. The fourth-order valence-corrected chi connectivity index (χ4v) is 4.93. The van der Waals surface area contributed by atoms with E-state index in [1.165, 1.54) is 42.8 Å². The molecular formula is C20H28N4O5S. The fourth-order valence-electron chi connectivity index (χ4n) is 3.52. The number of sulfonamides is 1. The average molecular weight is 437 g/mol. The van der Waals surface area contributed by atoms with Gasteiger partial charge in [0.1, 0.15) is 5.82 Å². The van der Waals surface area contributed by atoms with E-state index in [2.05, 4.69) is 10.4 Å². The molecule has 1 aromatic heterocycles. The molecule has 0 unspecified atom stereocenters. The predicted molar refractivity (Wildman–Crippen MR) is 112 cm³/mol. The minimum Gasteiger partial charge on any atom is -0.383 e. The molecule has 0 saturated heterocycles. The van der Waals surface area contributed by atoms with Crippen LogP contribution in [0.2, 0.25) is 0 Å². The average Bonchev–Trinajstić information content (AvgIpc) is 3.30. The van der Waals surface area contributed by atoms with Crippen molar-refractivity contribution in [2.24, 2.45) is 7.05 Å². The number of rotatable bonds is 10. The van der Waals surface area contributed by atoms with E-state index < -0.39 is 10.0 Å². The number of aromatic nitrogens is 2. The molecule has 164 valence electrons. The lowest BCUT2D eigenvalue weighted by Gasteiger charge is -2.21. The molecule has 0 fully saturated rings. The van der Waals surface area contributed by atoms with Crippen molar-refractivity contribution in [3.05, 3.63) is 41.1 Å². The maximum absolute atomic E-state index is 13.0. The number of ether oxygens (including phenoxy) is 2. The minimum absolute atomic E-state index is 0.118. The van der Waals surface area contributed by atoms with Gasteiger partial charge in [0.2, 0.25) is 10.0 Å². The Bertz CT molecular complexity index is 977. The van der Waals surface area contributed by atoms with Gasteiger partial charge in [-0.05, 0) is 43.5 Å². The van der Waals surface area contributed by atoms with Crippen LogP contribution in [-0.4, -0.2) is 68.9 Å². The fraction of sp³-hybridized carbons (Fsp3) is 0.500. The van der Waals surface area contributed by atoms with Crippen LogP contribution in [0.5, 0.6) is 0 Å². The van der Waals surface area contributed by atoms with Crippen molar-refractivity contribution in [3.8, 4) is 0 Å². The highest BCUT2D eigenvalue weighted by atomic mass is 32.2. The maximum atomic E-state index is 13.0. The molecular weight excluding hydrogens is 408 g/mol. The number of nitrogens with one attached hydrogen (secondary N) is 1. The lowest BCUT2D eigenvalue weighted by molar-refractivity contribution is 0.102. The zero-order valence-electron chi connectivity index (χ0n) is 17.6. The van der Waals surface area contributed by atoms with Crippen LogP contribution < -0.4 is 5.32 Å². The Morgan fingerprint density at radius 3 is 2.37 bits per heavy atom. The van der Waals surface area contributed by atoms with Crippen molar-refractivity contribution in [2.45, 2.75) is 24.2 Å². The molecule has 30 heavy (non-hydrogen) atoms. The van der Waals surface area contributed by atoms with Gasteiger partial charge in [-0.1, -0.05) is 0 Å². The monoisotopic (exact) mass is 436 g/mol. The highest BCUT2D eigenvalue weighted by molar-refractivity contribution is 7.89. The Kier molecular flexibility index (Phi) is 7.24. The van der Waals surface area contributed by atoms with E-state index in [0.29, 0.717) is 11.4 Å². The lowest BCUT2D eigenvalue weighted by atomic mass is 10.2. The van der Waals surface area contributed by atoms with Crippen molar-refractivity contribution >= 4 is 21.7 Å². The second-order valence-corrected chi connectivity index (χ2v) is 9.06. The van der Waals surface area contributed by atoms with Crippen LogP contribution in [0.25, 0.3) is 0 Å². The largest absolute Gasteiger partial charge is 0.383 e. The van der Waals surface area contributed by atoms with Crippen molar-refractivity contribution in [1.29, 1.82) is 0 Å². The first-order valence-electron chi connectivity index (χ1n) is 9.82. The highest BCUT2D eigenvalue weighted by Gasteiger charge is 2.25. The number of amides is 1. The van der Waals surface area contributed by atoms with Crippen LogP contribution in [0.3, 0.4) is 0 Å². The summed E-state index contributed by atoms with van der Waals surface area (Å²) in [4.78, 5) is 12.8. The molecule has 0 bridgehead atoms. The minimum atomic E-state index is -3.73. The number of hydrogen-bond donors (Lipinski definition) is 1. The summed E-state index contributed by atoms with van der Waals surface area (Å²) >= 11 is 0. The second kappa shape index (κ2) is 9.69. The first-order valence-corrected chi connectivity index (χ1v) is 11.3. The molecule has 0 radical (unpaired) electrons. The SMILES string of the molecule is COCCN(CCOC)S(=O)(=O)c1ccc(C(=O)Nc2c3c(nn2C)CCC3)cc1. The molecule has 1 heterocycles. The van der Waals surface area contributed by atoms with Crippen LogP contribution in [0.4, 0.5) is 5.82 Å². The van der Waals surface area contributed by atoms with E-state index in [1.54, 1.807) is 11.7 Å². The van der Waals surface area contributed by atoms with Crippen molar-refractivity contribution in [2.75, 3.05) is 45.8 Å². The number of methoxy groups -OCH3 is 2. The first kappa shape index (κ1) is 22.4. The van der Waals surface area contributed by atoms with Crippen molar-refractivity contribution in [3.63, 3.8) is 0 Å². The van der Waals surface area contributed by atoms with Crippen LogP contribution >= 0.6 is 0 Å². The van der Waals surface area contributed by atoms with Crippen LogP contribution in [0, 0.1) is 0 Å². The standard InChI is InChI=1S/C20H28N4O5S/c1-23-19(17-5-4-6-18(17)22-23)21-20(25)15-7-9-16(10-8-15)30(26,27)24(11-13-28-2)12-14-29-3/h7-10H,4-6,11-14H2,1-3H3,(H,21,25). The van der Waals surface area contributed by atoms with Gasteiger partial charge in [-0.2, -0.15) is 9.40 Å². The first-order chi connectivity index (χ1) is 14.4. The third-order valence-corrected chi connectivity index (χ3v) is 7.06. The Balaban J connectivity index is 1.75.